The summed E-state index contributed by atoms with van der Waals surface area (Å²) in [5, 5.41) is 21.2. The van der Waals surface area contributed by atoms with Crippen LogP contribution >= 0.6 is 0 Å². The largest absolute Gasteiger partial charge is 0.480 e. The summed E-state index contributed by atoms with van der Waals surface area (Å²) in [6.45, 7) is 3.76. The van der Waals surface area contributed by atoms with Crippen LogP contribution in [-0.2, 0) is 4.79 Å². The van der Waals surface area contributed by atoms with Crippen molar-refractivity contribution in [2.45, 2.75) is 44.7 Å². The summed E-state index contributed by atoms with van der Waals surface area (Å²) >= 11 is 0. The molecule has 0 spiro atoms. The molecule has 0 saturated heterocycles. The van der Waals surface area contributed by atoms with Crippen molar-refractivity contribution < 1.29 is 15.0 Å². The lowest BCUT2D eigenvalue weighted by Gasteiger charge is -2.31. The highest BCUT2D eigenvalue weighted by Crippen LogP contribution is 2.33. The third-order valence-corrected chi connectivity index (χ3v) is 2.99. The average Bonchev–Trinajstić information content (AvgIpc) is 2.97. The minimum Gasteiger partial charge on any atom is -0.480 e. The van der Waals surface area contributed by atoms with Gasteiger partial charge in [-0.1, -0.05) is 6.92 Å². The van der Waals surface area contributed by atoms with E-state index in [9.17, 15) is 4.79 Å². The van der Waals surface area contributed by atoms with Crippen LogP contribution < -0.4 is 5.32 Å². The molecular weight excluding hydrogens is 182 g/mol. The number of carboxylic acids is 1. The molecule has 0 bridgehead atoms. The highest BCUT2D eigenvalue weighted by Gasteiger charge is 2.39. The molecule has 0 radical (unpaired) electrons. The Kier molecular flexibility index (Phi) is 3.50. The minimum absolute atomic E-state index is 0.0278. The van der Waals surface area contributed by atoms with E-state index in [1.165, 1.54) is 0 Å². The standard InChI is InChI=1S/C10H19NO3/c1-3-10(2,6-12)11-8(9(13)14)7-4-5-7/h7-8,11-12H,3-6H2,1-2H3,(H,13,14). The Hall–Kier alpha value is -0.610. The van der Waals surface area contributed by atoms with Crippen molar-refractivity contribution in [2.75, 3.05) is 6.61 Å². The molecule has 1 rings (SSSR count). The zero-order valence-corrected chi connectivity index (χ0v) is 8.79. The van der Waals surface area contributed by atoms with Gasteiger partial charge in [0.25, 0.3) is 0 Å². The molecular formula is C10H19NO3. The fourth-order valence-corrected chi connectivity index (χ4v) is 1.45. The van der Waals surface area contributed by atoms with Crippen LogP contribution in [0.2, 0.25) is 0 Å². The number of carboxylic acid groups (broad SMARTS) is 1. The Morgan fingerprint density at radius 3 is 2.50 bits per heavy atom. The van der Waals surface area contributed by atoms with Crippen LogP contribution in [0.15, 0.2) is 0 Å². The Morgan fingerprint density at radius 2 is 2.21 bits per heavy atom. The fraction of sp³-hybridized carbons (Fsp3) is 0.900. The Balaban J connectivity index is 2.57. The van der Waals surface area contributed by atoms with Gasteiger partial charge < -0.3 is 10.2 Å². The van der Waals surface area contributed by atoms with E-state index < -0.39 is 17.6 Å². The third kappa shape index (κ3) is 2.69. The molecule has 1 saturated carbocycles. The van der Waals surface area contributed by atoms with E-state index in [0.717, 1.165) is 19.3 Å². The topological polar surface area (TPSA) is 69.6 Å². The zero-order chi connectivity index (χ0) is 10.8. The van der Waals surface area contributed by atoms with Crippen molar-refractivity contribution in [1.82, 2.24) is 5.32 Å². The normalized spacial score (nSPS) is 22.8. The van der Waals surface area contributed by atoms with Gasteiger partial charge in [-0.15, -0.1) is 0 Å². The molecule has 2 atom stereocenters. The monoisotopic (exact) mass is 201 g/mol. The predicted octanol–water partition coefficient (Wildman–Crippen LogP) is 0.600. The molecule has 0 aromatic carbocycles. The highest BCUT2D eigenvalue weighted by molar-refractivity contribution is 5.74. The van der Waals surface area contributed by atoms with E-state index in [-0.39, 0.29) is 12.5 Å². The maximum absolute atomic E-state index is 10.9. The fourth-order valence-electron chi connectivity index (χ4n) is 1.45. The Morgan fingerprint density at radius 1 is 1.64 bits per heavy atom. The van der Waals surface area contributed by atoms with Gasteiger partial charge >= 0.3 is 5.97 Å². The summed E-state index contributed by atoms with van der Waals surface area (Å²) < 4.78 is 0. The maximum Gasteiger partial charge on any atom is 0.320 e. The molecule has 0 aromatic heterocycles. The molecule has 1 aliphatic rings. The Bertz CT molecular complexity index is 209. The first kappa shape index (κ1) is 11.5. The van der Waals surface area contributed by atoms with Gasteiger partial charge in [0.15, 0.2) is 0 Å². The zero-order valence-electron chi connectivity index (χ0n) is 8.79. The second-order valence-electron chi connectivity index (χ2n) is 4.37. The molecule has 1 fully saturated rings. The minimum atomic E-state index is -0.805. The van der Waals surface area contributed by atoms with E-state index in [0.29, 0.717) is 0 Å². The van der Waals surface area contributed by atoms with Gasteiger partial charge in [0, 0.05) is 5.54 Å². The van der Waals surface area contributed by atoms with Gasteiger partial charge in [-0.25, -0.2) is 0 Å². The predicted molar refractivity (Wildman–Crippen MR) is 53.1 cm³/mol. The van der Waals surface area contributed by atoms with Crippen molar-refractivity contribution in [3.63, 3.8) is 0 Å². The first-order valence-corrected chi connectivity index (χ1v) is 5.14. The molecule has 2 unspecified atom stereocenters. The van der Waals surface area contributed by atoms with Crippen LogP contribution in [0.4, 0.5) is 0 Å². The average molecular weight is 201 g/mol. The molecule has 3 N–H and O–H groups in total. The van der Waals surface area contributed by atoms with Gasteiger partial charge in [0.05, 0.1) is 6.61 Å². The summed E-state index contributed by atoms with van der Waals surface area (Å²) in [7, 11) is 0. The van der Waals surface area contributed by atoms with E-state index in [4.69, 9.17) is 10.2 Å². The highest BCUT2D eigenvalue weighted by atomic mass is 16.4. The van der Waals surface area contributed by atoms with E-state index >= 15 is 0 Å². The number of nitrogens with one attached hydrogen (secondary N) is 1. The number of rotatable bonds is 6. The van der Waals surface area contributed by atoms with Crippen LogP contribution in [0.25, 0.3) is 0 Å². The van der Waals surface area contributed by atoms with Crippen molar-refractivity contribution in [2.24, 2.45) is 5.92 Å². The van der Waals surface area contributed by atoms with Crippen LogP contribution in [0, 0.1) is 5.92 Å². The van der Waals surface area contributed by atoms with Crippen LogP contribution in [-0.4, -0.2) is 34.4 Å². The lowest BCUT2D eigenvalue weighted by Crippen LogP contribution is -2.54. The quantitative estimate of drug-likeness (QED) is 0.588. The summed E-state index contributed by atoms with van der Waals surface area (Å²) in [6.07, 6.45) is 2.68. The van der Waals surface area contributed by atoms with E-state index in [1.807, 2.05) is 13.8 Å². The molecule has 82 valence electrons. The van der Waals surface area contributed by atoms with Gasteiger partial charge in [-0.05, 0) is 32.1 Å². The number of hydrogen-bond acceptors (Lipinski definition) is 3. The van der Waals surface area contributed by atoms with Gasteiger partial charge in [-0.3, -0.25) is 10.1 Å². The Labute approximate surface area is 84.3 Å². The van der Waals surface area contributed by atoms with Gasteiger partial charge in [0.1, 0.15) is 6.04 Å². The van der Waals surface area contributed by atoms with Crippen molar-refractivity contribution in [1.29, 1.82) is 0 Å². The van der Waals surface area contributed by atoms with Crippen LogP contribution in [0.5, 0.6) is 0 Å². The molecule has 1 aliphatic carbocycles. The summed E-state index contributed by atoms with van der Waals surface area (Å²) in [6, 6.07) is -0.493. The summed E-state index contributed by atoms with van der Waals surface area (Å²) in [4.78, 5) is 10.9. The second-order valence-corrected chi connectivity index (χ2v) is 4.37. The smallest absolute Gasteiger partial charge is 0.320 e. The van der Waals surface area contributed by atoms with Crippen LogP contribution in [0.1, 0.15) is 33.1 Å². The van der Waals surface area contributed by atoms with E-state index in [2.05, 4.69) is 5.32 Å². The lowest BCUT2D eigenvalue weighted by molar-refractivity contribution is -0.140. The number of aliphatic hydroxyl groups is 1. The molecule has 0 aromatic rings. The number of carbonyl (C=O) groups is 1. The number of aliphatic carboxylic acids is 1. The van der Waals surface area contributed by atoms with Crippen molar-refractivity contribution in [3.8, 4) is 0 Å². The van der Waals surface area contributed by atoms with Crippen molar-refractivity contribution in [3.05, 3.63) is 0 Å². The summed E-state index contributed by atoms with van der Waals surface area (Å²) in [5.74, 6) is -0.550. The first-order valence-electron chi connectivity index (χ1n) is 5.14. The molecule has 0 amide bonds. The third-order valence-electron chi connectivity index (χ3n) is 2.99. The lowest BCUT2D eigenvalue weighted by atomic mass is 9.97. The second kappa shape index (κ2) is 4.28. The molecule has 4 heteroatoms. The summed E-state index contributed by atoms with van der Waals surface area (Å²) in [5.41, 5.74) is -0.467. The van der Waals surface area contributed by atoms with Crippen molar-refractivity contribution >= 4 is 5.97 Å². The first-order chi connectivity index (χ1) is 6.52. The van der Waals surface area contributed by atoms with E-state index in [1.54, 1.807) is 0 Å². The molecule has 14 heavy (non-hydrogen) atoms. The number of aliphatic hydroxyl groups excluding tert-OH is 1. The maximum atomic E-state index is 10.9. The number of hydrogen-bond donors (Lipinski definition) is 3. The van der Waals surface area contributed by atoms with Gasteiger partial charge in [0.2, 0.25) is 0 Å². The molecule has 0 aliphatic heterocycles. The molecule has 4 nitrogen and oxygen atoms in total. The SMILES string of the molecule is CCC(C)(CO)NC(C(=O)O)C1CC1. The molecule has 0 heterocycles. The van der Waals surface area contributed by atoms with Gasteiger partial charge in [-0.2, -0.15) is 0 Å². The van der Waals surface area contributed by atoms with Crippen LogP contribution in [0.3, 0.4) is 0 Å².